The number of likely N-dealkylation sites (N-methyl/N-ethyl adjacent to an activating group) is 1. The minimum atomic E-state index is -0.0521. The molecule has 0 saturated heterocycles. The maximum Gasteiger partial charge on any atom is 0.295 e. The van der Waals surface area contributed by atoms with Gasteiger partial charge >= 0.3 is 0 Å². The number of amides is 1. The summed E-state index contributed by atoms with van der Waals surface area (Å²) in [5, 5.41) is 3.82. The van der Waals surface area contributed by atoms with Crippen LogP contribution < -0.4 is 17.8 Å². The summed E-state index contributed by atoms with van der Waals surface area (Å²) in [6.07, 6.45) is 0. The standard InChI is InChI=1S/C8H17N3O.ClH/c1-7(2)9-10-8(12)6-11(3,4)5;/h6H2,1-5H3;1H. The molecule has 0 aromatic carbocycles. The fraction of sp³-hybridized carbons (Fsp3) is 0.750. The third-order valence-electron chi connectivity index (χ3n) is 1.02. The number of rotatable bonds is 3. The van der Waals surface area contributed by atoms with E-state index in [0.717, 1.165) is 5.71 Å². The molecule has 0 aliphatic rings. The van der Waals surface area contributed by atoms with Crippen molar-refractivity contribution in [2.75, 3.05) is 27.7 Å². The minimum Gasteiger partial charge on any atom is -1.00 e. The normalized spacial score (nSPS) is 9.92. The van der Waals surface area contributed by atoms with Crippen molar-refractivity contribution in [1.82, 2.24) is 5.43 Å². The topological polar surface area (TPSA) is 41.5 Å². The van der Waals surface area contributed by atoms with Crippen LogP contribution in [0.1, 0.15) is 13.8 Å². The van der Waals surface area contributed by atoms with E-state index in [0.29, 0.717) is 11.0 Å². The Morgan fingerprint density at radius 3 is 2.08 bits per heavy atom. The Hall–Kier alpha value is -0.610. The first kappa shape index (κ1) is 14.9. The van der Waals surface area contributed by atoms with E-state index in [-0.39, 0.29) is 18.3 Å². The highest BCUT2D eigenvalue weighted by Crippen LogP contribution is 1.87. The number of nitrogens with one attached hydrogen (secondary N) is 1. The van der Waals surface area contributed by atoms with Crippen LogP contribution in [-0.2, 0) is 4.79 Å². The van der Waals surface area contributed by atoms with Gasteiger partial charge in [-0.3, -0.25) is 4.79 Å². The van der Waals surface area contributed by atoms with Gasteiger partial charge in [-0.05, 0) is 13.8 Å². The zero-order valence-corrected chi connectivity index (χ0v) is 9.64. The maximum atomic E-state index is 11.1. The van der Waals surface area contributed by atoms with Gasteiger partial charge in [-0.1, -0.05) is 0 Å². The van der Waals surface area contributed by atoms with E-state index in [4.69, 9.17) is 0 Å². The van der Waals surface area contributed by atoms with Crippen molar-refractivity contribution in [3.8, 4) is 0 Å². The summed E-state index contributed by atoms with van der Waals surface area (Å²) >= 11 is 0. The van der Waals surface area contributed by atoms with Crippen LogP contribution in [0.25, 0.3) is 0 Å². The van der Waals surface area contributed by atoms with Crippen molar-refractivity contribution in [2.24, 2.45) is 5.10 Å². The third kappa shape index (κ3) is 11.4. The number of quaternary nitrogens is 1. The molecule has 1 amide bonds. The van der Waals surface area contributed by atoms with Gasteiger partial charge in [0.2, 0.25) is 0 Å². The van der Waals surface area contributed by atoms with Crippen molar-refractivity contribution in [3.05, 3.63) is 0 Å². The molecule has 0 unspecified atom stereocenters. The Bertz CT molecular complexity index is 192. The van der Waals surface area contributed by atoms with Crippen molar-refractivity contribution in [3.63, 3.8) is 0 Å². The first-order valence-electron chi connectivity index (χ1n) is 3.91. The number of halogens is 1. The number of carbonyl (C=O) groups is 1. The molecule has 1 N–H and O–H groups in total. The number of hydrogen-bond donors (Lipinski definition) is 1. The number of carbonyl (C=O) groups excluding carboxylic acids is 1. The summed E-state index contributed by atoms with van der Waals surface area (Å²) in [5.74, 6) is -0.0521. The third-order valence-corrected chi connectivity index (χ3v) is 1.02. The van der Waals surface area contributed by atoms with Crippen molar-refractivity contribution >= 4 is 11.6 Å². The molecule has 0 rings (SSSR count). The highest BCUT2D eigenvalue weighted by molar-refractivity contribution is 5.82. The van der Waals surface area contributed by atoms with Gasteiger partial charge in [-0.25, -0.2) is 5.43 Å². The van der Waals surface area contributed by atoms with Crippen LogP contribution in [0.5, 0.6) is 0 Å². The molecule has 13 heavy (non-hydrogen) atoms. The smallest absolute Gasteiger partial charge is 0.295 e. The monoisotopic (exact) mass is 207 g/mol. The Balaban J connectivity index is 0. The molecule has 0 aromatic rings. The van der Waals surface area contributed by atoms with E-state index in [2.05, 4.69) is 10.5 Å². The van der Waals surface area contributed by atoms with E-state index in [1.165, 1.54) is 0 Å². The van der Waals surface area contributed by atoms with Gasteiger partial charge in [-0.15, -0.1) is 0 Å². The fourth-order valence-electron chi connectivity index (χ4n) is 0.640. The summed E-state index contributed by atoms with van der Waals surface area (Å²) < 4.78 is 0.615. The molecular weight excluding hydrogens is 190 g/mol. The lowest BCUT2D eigenvalue weighted by Crippen LogP contribution is -3.00. The van der Waals surface area contributed by atoms with Crippen molar-refractivity contribution in [1.29, 1.82) is 0 Å². The van der Waals surface area contributed by atoms with E-state index >= 15 is 0 Å². The lowest BCUT2D eigenvalue weighted by atomic mass is 10.5. The van der Waals surface area contributed by atoms with Gasteiger partial charge in [-0.2, -0.15) is 5.10 Å². The van der Waals surface area contributed by atoms with Crippen LogP contribution in [0, 0.1) is 0 Å². The second kappa shape index (κ2) is 5.94. The molecule has 5 heteroatoms. The molecule has 0 fully saturated rings. The SMILES string of the molecule is CC(C)=NNC(=O)C[N+](C)(C)C.[Cl-]. The largest absolute Gasteiger partial charge is 1.00 e. The lowest BCUT2D eigenvalue weighted by molar-refractivity contribution is -0.862. The predicted octanol–water partition coefficient (Wildman–Crippen LogP) is -2.79. The Kier molecular flexibility index (Phi) is 6.80. The Morgan fingerprint density at radius 2 is 1.77 bits per heavy atom. The summed E-state index contributed by atoms with van der Waals surface area (Å²) in [5.41, 5.74) is 3.32. The summed E-state index contributed by atoms with van der Waals surface area (Å²) in [7, 11) is 5.88. The van der Waals surface area contributed by atoms with Crippen LogP contribution in [0.15, 0.2) is 5.10 Å². The highest BCUT2D eigenvalue weighted by Gasteiger charge is 2.12. The van der Waals surface area contributed by atoms with E-state index < -0.39 is 0 Å². The van der Waals surface area contributed by atoms with Crippen molar-refractivity contribution in [2.45, 2.75) is 13.8 Å². The first-order valence-corrected chi connectivity index (χ1v) is 3.91. The van der Waals surface area contributed by atoms with E-state index in [9.17, 15) is 4.79 Å². The summed E-state index contributed by atoms with van der Waals surface area (Å²) in [4.78, 5) is 11.1. The average molecular weight is 208 g/mol. The van der Waals surface area contributed by atoms with Crippen LogP contribution >= 0.6 is 0 Å². The molecule has 0 saturated carbocycles. The van der Waals surface area contributed by atoms with E-state index in [1.54, 1.807) is 0 Å². The number of nitrogens with zero attached hydrogens (tertiary/aromatic N) is 2. The van der Waals surface area contributed by atoms with Crippen LogP contribution in [0.2, 0.25) is 0 Å². The van der Waals surface area contributed by atoms with E-state index in [1.807, 2.05) is 35.0 Å². The maximum absolute atomic E-state index is 11.1. The first-order chi connectivity index (χ1) is 5.31. The Labute approximate surface area is 86.0 Å². The molecule has 0 bridgehead atoms. The lowest BCUT2D eigenvalue weighted by Gasteiger charge is -2.22. The van der Waals surface area contributed by atoms with Gasteiger partial charge in [0.25, 0.3) is 5.91 Å². The van der Waals surface area contributed by atoms with Gasteiger partial charge in [0.1, 0.15) is 0 Å². The quantitative estimate of drug-likeness (QED) is 0.304. The minimum absolute atomic E-state index is 0. The molecule has 0 aliphatic heterocycles. The predicted molar refractivity (Wildman–Crippen MR) is 49.8 cm³/mol. The fourth-order valence-corrected chi connectivity index (χ4v) is 0.640. The van der Waals surface area contributed by atoms with Gasteiger partial charge < -0.3 is 16.9 Å². The average Bonchev–Trinajstić information content (AvgIpc) is 1.79. The van der Waals surface area contributed by atoms with Gasteiger partial charge in [0, 0.05) is 5.71 Å². The second-order valence-corrected chi connectivity index (χ2v) is 4.04. The zero-order chi connectivity index (χ0) is 9.78. The summed E-state index contributed by atoms with van der Waals surface area (Å²) in [6.45, 7) is 4.12. The molecule has 0 aromatic heterocycles. The van der Waals surface area contributed by atoms with Crippen LogP contribution in [-0.4, -0.2) is 43.8 Å². The zero-order valence-electron chi connectivity index (χ0n) is 8.89. The van der Waals surface area contributed by atoms with Gasteiger partial charge in [0.15, 0.2) is 6.54 Å². The Morgan fingerprint density at radius 1 is 1.31 bits per heavy atom. The molecule has 4 nitrogen and oxygen atoms in total. The molecule has 0 radical (unpaired) electrons. The summed E-state index contributed by atoms with van der Waals surface area (Å²) in [6, 6.07) is 0. The molecular formula is C8H18ClN3O. The molecule has 78 valence electrons. The van der Waals surface area contributed by atoms with Crippen LogP contribution in [0.3, 0.4) is 0 Å². The number of hydrogen-bond acceptors (Lipinski definition) is 2. The second-order valence-electron chi connectivity index (χ2n) is 4.04. The highest BCUT2D eigenvalue weighted by atomic mass is 35.5. The molecule has 0 heterocycles. The molecule has 0 spiro atoms. The molecule has 0 aliphatic carbocycles. The number of hydrazone groups is 1. The van der Waals surface area contributed by atoms with Gasteiger partial charge in [0.05, 0.1) is 21.1 Å². The van der Waals surface area contributed by atoms with Crippen molar-refractivity contribution < 1.29 is 21.7 Å². The molecule has 0 atom stereocenters. The van der Waals surface area contributed by atoms with Crippen LogP contribution in [0.4, 0.5) is 0 Å².